The maximum absolute atomic E-state index is 12.1. The first-order chi connectivity index (χ1) is 15.3. The van der Waals surface area contributed by atoms with Gasteiger partial charge in [-0.2, -0.15) is 0 Å². The van der Waals surface area contributed by atoms with Gasteiger partial charge in [0.15, 0.2) is 0 Å². The van der Waals surface area contributed by atoms with Gasteiger partial charge >= 0.3 is 12.1 Å². The molecule has 2 aromatic carbocycles. The number of amides is 3. The number of aliphatic carboxylic acids is 1. The number of ether oxygens (including phenoxy) is 1. The van der Waals surface area contributed by atoms with Crippen LogP contribution in [0.2, 0.25) is 0 Å². The van der Waals surface area contributed by atoms with Crippen molar-refractivity contribution in [3.8, 4) is 11.1 Å². The van der Waals surface area contributed by atoms with E-state index in [1.165, 1.54) is 13.8 Å². The van der Waals surface area contributed by atoms with Crippen LogP contribution in [0.5, 0.6) is 0 Å². The van der Waals surface area contributed by atoms with Gasteiger partial charge in [0.05, 0.1) is 0 Å². The number of carboxylic acid groups (broad SMARTS) is 1. The Morgan fingerprint density at radius 2 is 1.47 bits per heavy atom. The molecule has 0 bridgehead atoms. The number of alkyl carbamates (subject to hydrolysis) is 1. The number of carbonyl (C=O) groups excluding carboxylic acids is 3. The van der Waals surface area contributed by atoms with Crippen LogP contribution in [0.1, 0.15) is 30.9 Å². The number of hydrogen-bond acceptors (Lipinski definition) is 5. The van der Waals surface area contributed by atoms with Gasteiger partial charge in [-0.25, -0.2) is 4.79 Å². The van der Waals surface area contributed by atoms with Crippen molar-refractivity contribution in [2.24, 2.45) is 0 Å². The Morgan fingerprint density at radius 1 is 0.906 bits per heavy atom. The minimum Gasteiger partial charge on any atom is -0.480 e. The van der Waals surface area contributed by atoms with Crippen molar-refractivity contribution in [3.63, 3.8) is 0 Å². The number of hydrogen-bond donors (Lipinski definition) is 4. The van der Waals surface area contributed by atoms with Crippen molar-refractivity contribution in [1.82, 2.24) is 16.0 Å². The number of carboxylic acids is 1. The zero-order valence-corrected chi connectivity index (χ0v) is 17.8. The van der Waals surface area contributed by atoms with Crippen LogP contribution in [-0.4, -0.2) is 54.2 Å². The molecule has 0 heterocycles. The second kappa shape index (κ2) is 9.95. The van der Waals surface area contributed by atoms with E-state index >= 15 is 0 Å². The Hall–Kier alpha value is -3.88. The summed E-state index contributed by atoms with van der Waals surface area (Å²) in [6.07, 6.45) is -0.751. The number of benzene rings is 2. The van der Waals surface area contributed by atoms with Gasteiger partial charge in [0.25, 0.3) is 0 Å². The van der Waals surface area contributed by atoms with E-state index in [-0.39, 0.29) is 19.1 Å². The lowest BCUT2D eigenvalue weighted by Crippen LogP contribution is -2.51. The summed E-state index contributed by atoms with van der Waals surface area (Å²) in [5.41, 5.74) is 4.38. The maximum atomic E-state index is 12.1. The van der Waals surface area contributed by atoms with Crippen molar-refractivity contribution < 1.29 is 29.0 Å². The topological polar surface area (TPSA) is 134 Å². The lowest BCUT2D eigenvalue weighted by atomic mass is 9.98. The second-order valence-electron chi connectivity index (χ2n) is 7.54. The molecule has 3 rings (SSSR count). The quantitative estimate of drug-likeness (QED) is 0.494. The highest BCUT2D eigenvalue weighted by atomic mass is 16.5. The summed E-state index contributed by atoms with van der Waals surface area (Å²) in [6, 6.07) is 13.8. The van der Waals surface area contributed by atoms with Crippen LogP contribution in [0.3, 0.4) is 0 Å². The first-order valence-corrected chi connectivity index (χ1v) is 10.2. The molecule has 1 aliphatic rings. The summed E-state index contributed by atoms with van der Waals surface area (Å²) in [7, 11) is 0. The molecule has 2 atom stereocenters. The summed E-state index contributed by atoms with van der Waals surface area (Å²) in [5, 5.41) is 15.8. The van der Waals surface area contributed by atoms with Crippen LogP contribution in [0.4, 0.5) is 4.79 Å². The molecule has 0 spiro atoms. The largest absolute Gasteiger partial charge is 0.480 e. The molecular weight excluding hydrogens is 414 g/mol. The minimum atomic E-state index is -1.19. The van der Waals surface area contributed by atoms with Crippen molar-refractivity contribution in [2.75, 3.05) is 13.2 Å². The van der Waals surface area contributed by atoms with Gasteiger partial charge in [0, 0.05) is 5.92 Å². The molecule has 32 heavy (non-hydrogen) atoms. The summed E-state index contributed by atoms with van der Waals surface area (Å²) in [5.74, 6) is -2.53. The van der Waals surface area contributed by atoms with Crippen LogP contribution in [0, 0.1) is 0 Å². The van der Waals surface area contributed by atoms with Gasteiger partial charge in [-0.05, 0) is 36.1 Å². The molecule has 9 nitrogen and oxygen atoms in total. The molecule has 0 saturated heterocycles. The highest BCUT2D eigenvalue weighted by molar-refractivity contribution is 5.91. The Bertz CT molecular complexity index is 992. The number of nitrogens with one attached hydrogen (secondary N) is 3. The van der Waals surface area contributed by atoms with Crippen LogP contribution in [0.15, 0.2) is 48.5 Å². The van der Waals surface area contributed by atoms with Gasteiger partial charge in [0.2, 0.25) is 11.8 Å². The highest BCUT2D eigenvalue weighted by Crippen LogP contribution is 2.44. The molecule has 0 aromatic heterocycles. The van der Waals surface area contributed by atoms with Crippen molar-refractivity contribution in [1.29, 1.82) is 0 Å². The van der Waals surface area contributed by atoms with Gasteiger partial charge in [-0.1, -0.05) is 48.5 Å². The third-order valence-electron chi connectivity index (χ3n) is 5.24. The van der Waals surface area contributed by atoms with E-state index in [1.54, 1.807) is 0 Å². The zero-order chi connectivity index (χ0) is 23.3. The molecule has 9 heteroatoms. The third kappa shape index (κ3) is 5.23. The van der Waals surface area contributed by atoms with Gasteiger partial charge < -0.3 is 25.8 Å². The molecule has 2 aromatic rings. The van der Waals surface area contributed by atoms with E-state index in [0.717, 1.165) is 22.3 Å². The second-order valence-corrected chi connectivity index (χ2v) is 7.54. The fourth-order valence-electron chi connectivity index (χ4n) is 3.56. The Morgan fingerprint density at radius 3 is 2.03 bits per heavy atom. The summed E-state index contributed by atoms with van der Waals surface area (Å²) < 4.78 is 5.35. The standard InChI is InChI=1S/C23H25N3O6/c1-13(21(28)26-14(2)22(29)30)25-20(27)11-24-23(31)32-12-19-17-9-5-3-7-15(17)16-8-4-6-10-18(16)19/h3-10,13-14,19H,11-12H2,1-2H3,(H,24,31)(H,25,27)(H,26,28)(H,29,30)/t13-,14-/m1/s1. The van der Waals surface area contributed by atoms with Crippen molar-refractivity contribution in [3.05, 3.63) is 59.7 Å². The van der Waals surface area contributed by atoms with Crippen LogP contribution in [0.25, 0.3) is 11.1 Å². The summed E-state index contributed by atoms with van der Waals surface area (Å²) in [4.78, 5) is 46.8. The summed E-state index contributed by atoms with van der Waals surface area (Å²) in [6.45, 7) is 2.46. The van der Waals surface area contributed by atoms with E-state index in [9.17, 15) is 19.2 Å². The van der Waals surface area contributed by atoms with Gasteiger partial charge in [0.1, 0.15) is 25.2 Å². The van der Waals surface area contributed by atoms with Crippen molar-refractivity contribution >= 4 is 23.9 Å². The molecule has 168 valence electrons. The van der Waals surface area contributed by atoms with Gasteiger partial charge in [-0.3, -0.25) is 14.4 Å². The SMILES string of the molecule is C[C@@H](NC(=O)[C@@H](C)NC(=O)CNC(=O)OCC1c2ccccc2-c2ccccc21)C(=O)O. The Labute approximate surface area is 185 Å². The van der Waals surface area contributed by atoms with E-state index in [4.69, 9.17) is 9.84 Å². The number of rotatable bonds is 8. The first kappa shape index (κ1) is 22.8. The van der Waals surface area contributed by atoms with Crippen LogP contribution in [-0.2, 0) is 19.1 Å². The lowest BCUT2D eigenvalue weighted by molar-refractivity contribution is -0.141. The number of carbonyl (C=O) groups is 4. The Balaban J connectivity index is 1.47. The average Bonchev–Trinajstić information content (AvgIpc) is 3.09. The van der Waals surface area contributed by atoms with E-state index in [1.807, 2.05) is 48.5 Å². The van der Waals surface area contributed by atoms with Crippen molar-refractivity contribution in [2.45, 2.75) is 31.8 Å². The monoisotopic (exact) mass is 439 g/mol. The molecule has 4 N–H and O–H groups in total. The highest BCUT2D eigenvalue weighted by Gasteiger charge is 2.29. The minimum absolute atomic E-state index is 0.0954. The molecule has 1 aliphatic carbocycles. The molecular formula is C23H25N3O6. The zero-order valence-electron chi connectivity index (χ0n) is 17.8. The van der Waals surface area contributed by atoms with Crippen LogP contribution >= 0.6 is 0 Å². The fourth-order valence-corrected chi connectivity index (χ4v) is 3.56. The predicted molar refractivity (Wildman–Crippen MR) is 116 cm³/mol. The molecule has 0 fully saturated rings. The first-order valence-electron chi connectivity index (χ1n) is 10.2. The lowest BCUT2D eigenvalue weighted by Gasteiger charge is -2.17. The predicted octanol–water partition coefficient (Wildman–Crippen LogP) is 1.62. The maximum Gasteiger partial charge on any atom is 0.407 e. The van der Waals surface area contributed by atoms with E-state index in [0.29, 0.717) is 0 Å². The number of fused-ring (bicyclic) bond motifs is 3. The fraction of sp³-hybridized carbons (Fsp3) is 0.304. The smallest absolute Gasteiger partial charge is 0.407 e. The third-order valence-corrected chi connectivity index (χ3v) is 5.24. The van der Waals surface area contributed by atoms with Gasteiger partial charge in [-0.15, -0.1) is 0 Å². The normalized spacial score (nSPS) is 13.8. The molecule has 0 unspecified atom stereocenters. The molecule has 0 radical (unpaired) electrons. The molecule has 0 saturated carbocycles. The summed E-state index contributed by atoms with van der Waals surface area (Å²) >= 11 is 0. The Kier molecular flexibility index (Phi) is 7.09. The van der Waals surface area contributed by atoms with E-state index < -0.39 is 36.0 Å². The average molecular weight is 439 g/mol. The molecule has 0 aliphatic heterocycles. The van der Waals surface area contributed by atoms with Crippen LogP contribution < -0.4 is 16.0 Å². The van der Waals surface area contributed by atoms with E-state index in [2.05, 4.69) is 16.0 Å². The molecule has 3 amide bonds.